The lowest BCUT2D eigenvalue weighted by atomic mass is 10.1. The first-order valence-electron chi connectivity index (χ1n) is 10.4. The Labute approximate surface area is 188 Å². The van der Waals surface area contributed by atoms with E-state index in [2.05, 4.69) is 10.1 Å². The van der Waals surface area contributed by atoms with Gasteiger partial charge in [-0.2, -0.15) is 0 Å². The fraction of sp³-hybridized carbons (Fsp3) is 0.0769. The van der Waals surface area contributed by atoms with E-state index in [0.29, 0.717) is 22.4 Å². The molecule has 0 bridgehead atoms. The van der Waals surface area contributed by atoms with Crippen molar-refractivity contribution in [3.05, 3.63) is 112 Å². The summed E-state index contributed by atoms with van der Waals surface area (Å²) in [5.41, 5.74) is 3.05. The zero-order valence-electron chi connectivity index (χ0n) is 17.8. The zero-order valence-corrected chi connectivity index (χ0v) is 17.8. The maximum absolute atomic E-state index is 12.9. The van der Waals surface area contributed by atoms with Crippen molar-refractivity contribution in [2.24, 2.45) is 0 Å². The number of aromatic nitrogens is 3. The molecule has 2 heterocycles. The predicted molar refractivity (Wildman–Crippen MR) is 123 cm³/mol. The Hall–Kier alpha value is -4.52. The molecule has 3 aromatic carbocycles. The third kappa shape index (κ3) is 4.16. The predicted octanol–water partition coefficient (Wildman–Crippen LogP) is 4.71. The summed E-state index contributed by atoms with van der Waals surface area (Å²) in [5.74, 6) is -0.230. The summed E-state index contributed by atoms with van der Waals surface area (Å²) >= 11 is 0. The second kappa shape index (κ2) is 8.55. The van der Waals surface area contributed by atoms with E-state index >= 15 is 0 Å². The molecule has 5 aromatic rings. The van der Waals surface area contributed by atoms with Gasteiger partial charge in [-0.3, -0.25) is 0 Å². The molecule has 0 aliphatic heterocycles. The monoisotopic (exact) mass is 437 g/mol. The first kappa shape index (κ1) is 20.4. The van der Waals surface area contributed by atoms with Gasteiger partial charge in [-0.05, 0) is 30.7 Å². The molecule has 0 atom stereocenters. The van der Waals surface area contributed by atoms with Crippen molar-refractivity contribution >= 4 is 16.9 Å². The van der Waals surface area contributed by atoms with Gasteiger partial charge in [0.25, 0.3) is 5.82 Å². The van der Waals surface area contributed by atoms with E-state index in [9.17, 15) is 9.59 Å². The highest BCUT2D eigenvalue weighted by Crippen LogP contribution is 2.22. The van der Waals surface area contributed by atoms with Crippen molar-refractivity contribution in [3.8, 4) is 17.1 Å². The first-order valence-corrected chi connectivity index (χ1v) is 10.4. The summed E-state index contributed by atoms with van der Waals surface area (Å²) in [5, 5.41) is 5.12. The highest BCUT2D eigenvalue weighted by Gasteiger charge is 2.20. The number of ether oxygens (including phenoxy) is 1. The van der Waals surface area contributed by atoms with E-state index in [-0.39, 0.29) is 12.4 Å². The van der Waals surface area contributed by atoms with Gasteiger partial charge < -0.3 is 9.15 Å². The van der Waals surface area contributed by atoms with Crippen molar-refractivity contribution in [3.63, 3.8) is 0 Å². The van der Waals surface area contributed by atoms with Crippen LogP contribution in [0.4, 0.5) is 0 Å². The van der Waals surface area contributed by atoms with Crippen LogP contribution in [0.25, 0.3) is 28.0 Å². The number of fused-ring (bicyclic) bond motifs is 1. The lowest BCUT2D eigenvalue weighted by Crippen LogP contribution is -2.10. The Morgan fingerprint density at radius 2 is 1.70 bits per heavy atom. The second-order valence-electron chi connectivity index (χ2n) is 7.54. The minimum Gasteiger partial charge on any atom is -0.455 e. The Morgan fingerprint density at radius 1 is 0.970 bits per heavy atom. The molecule has 2 aromatic heterocycles. The second-order valence-corrected chi connectivity index (χ2v) is 7.54. The van der Waals surface area contributed by atoms with Gasteiger partial charge in [0.05, 0.1) is 5.69 Å². The Kier molecular flexibility index (Phi) is 5.28. The number of aryl methyl sites for hydroxylation is 1. The molecule has 0 saturated heterocycles. The molecule has 0 fully saturated rings. The molecule has 33 heavy (non-hydrogen) atoms. The van der Waals surface area contributed by atoms with Gasteiger partial charge in [-0.25, -0.2) is 19.3 Å². The maximum atomic E-state index is 12.9. The summed E-state index contributed by atoms with van der Waals surface area (Å²) in [6.45, 7) is 1.80. The molecule has 162 valence electrons. The largest absolute Gasteiger partial charge is 0.455 e. The van der Waals surface area contributed by atoms with Crippen LogP contribution in [-0.2, 0) is 11.3 Å². The Morgan fingerprint density at radius 3 is 2.45 bits per heavy atom. The molecule has 0 aliphatic carbocycles. The van der Waals surface area contributed by atoms with Crippen molar-refractivity contribution in [1.82, 2.24) is 14.8 Å². The highest BCUT2D eigenvalue weighted by molar-refractivity contribution is 5.86. The van der Waals surface area contributed by atoms with Crippen LogP contribution in [0.1, 0.15) is 21.7 Å². The standard InChI is InChI=1S/C26H19N3O4/c1-17-12-13-21-19(15-23(30)33-22(21)14-17)16-32-26(31)24-27-25(18-8-4-2-5-9-18)29(28-24)20-10-6-3-7-11-20/h2-15H,16H2,1H3. The van der Waals surface area contributed by atoms with Gasteiger partial charge in [0, 0.05) is 22.6 Å². The topological polar surface area (TPSA) is 87.2 Å². The molecule has 0 unspecified atom stereocenters. The molecule has 0 saturated carbocycles. The van der Waals surface area contributed by atoms with Crippen molar-refractivity contribution in [1.29, 1.82) is 0 Å². The number of benzene rings is 3. The fourth-order valence-electron chi connectivity index (χ4n) is 3.59. The van der Waals surface area contributed by atoms with Crippen LogP contribution in [0.5, 0.6) is 0 Å². The first-order chi connectivity index (χ1) is 16.1. The lowest BCUT2D eigenvalue weighted by molar-refractivity contribution is 0.0459. The van der Waals surface area contributed by atoms with E-state index in [4.69, 9.17) is 9.15 Å². The molecular weight excluding hydrogens is 418 g/mol. The summed E-state index contributed by atoms with van der Waals surface area (Å²) < 4.78 is 12.4. The number of esters is 1. The molecule has 0 radical (unpaired) electrons. The summed E-state index contributed by atoms with van der Waals surface area (Å²) in [7, 11) is 0. The van der Waals surface area contributed by atoms with Crippen LogP contribution in [0, 0.1) is 6.92 Å². The smallest absolute Gasteiger partial charge is 0.378 e. The molecule has 5 rings (SSSR count). The van der Waals surface area contributed by atoms with Gasteiger partial charge in [-0.15, -0.1) is 5.10 Å². The van der Waals surface area contributed by atoms with Crippen LogP contribution in [0.3, 0.4) is 0 Å². The molecular formula is C26H19N3O4. The molecule has 0 aliphatic rings. The van der Waals surface area contributed by atoms with E-state index in [1.54, 1.807) is 10.7 Å². The molecule has 0 N–H and O–H groups in total. The number of hydrogen-bond donors (Lipinski definition) is 0. The number of nitrogens with zero attached hydrogens (tertiary/aromatic N) is 3. The van der Waals surface area contributed by atoms with E-state index < -0.39 is 11.6 Å². The van der Waals surface area contributed by atoms with Crippen molar-refractivity contribution < 1.29 is 13.9 Å². The van der Waals surface area contributed by atoms with E-state index in [1.807, 2.05) is 79.7 Å². The van der Waals surface area contributed by atoms with Gasteiger partial charge in [0.15, 0.2) is 5.82 Å². The average molecular weight is 437 g/mol. The molecule has 7 heteroatoms. The van der Waals surface area contributed by atoms with Gasteiger partial charge in [0.2, 0.25) is 0 Å². The van der Waals surface area contributed by atoms with Crippen LogP contribution < -0.4 is 5.63 Å². The fourth-order valence-corrected chi connectivity index (χ4v) is 3.59. The number of carbonyl (C=O) groups is 1. The van der Waals surface area contributed by atoms with E-state index in [1.165, 1.54) is 6.07 Å². The normalized spacial score (nSPS) is 10.9. The number of carbonyl (C=O) groups excluding carboxylic acids is 1. The Balaban J connectivity index is 1.47. The van der Waals surface area contributed by atoms with Crippen molar-refractivity contribution in [2.75, 3.05) is 0 Å². The SMILES string of the molecule is Cc1ccc2c(COC(=O)c3nc(-c4ccccc4)n(-c4ccccc4)n3)cc(=O)oc2c1. The number of rotatable bonds is 5. The van der Waals surface area contributed by atoms with Gasteiger partial charge in [0.1, 0.15) is 12.2 Å². The Bertz CT molecular complexity index is 1450. The van der Waals surface area contributed by atoms with Gasteiger partial charge >= 0.3 is 11.6 Å². The van der Waals surface area contributed by atoms with Crippen LogP contribution in [-0.4, -0.2) is 20.7 Å². The summed E-state index contributed by atoms with van der Waals surface area (Å²) in [6, 6.07) is 25.8. The minimum absolute atomic E-state index is 0.0687. The lowest BCUT2D eigenvalue weighted by Gasteiger charge is -2.06. The third-order valence-corrected chi connectivity index (χ3v) is 5.17. The third-order valence-electron chi connectivity index (χ3n) is 5.17. The van der Waals surface area contributed by atoms with Crippen LogP contribution in [0.2, 0.25) is 0 Å². The summed E-state index contributed by atoms with van der Waals surface area (Å²) in [6.07, 6.45) is 0. The van der Waals surface area contributed by atoms with E-state index in [0.717, 1.165) is 16.8 Å². The summed E-state index contributed by atoms with van der Waals surface area (Å²) in [4.78, 5) is 29.3. The number of hydrogen-bond acceptors (Lipinski definition) is 6. The van der Waals surface area contributed by atoms with Crippen LogP contribution >= 0.6 is 0 Å². The molecule has 7 nitrogen and oxygen atoms in total. The highest BCUT2D eigenvalue weighted by atomic mass is 16.5. The number of para-hydroxylation sites is 1. The van der Waals surface area contributed by atoms with Gasteiger partial charge in [-0.1, -0.05) is 60.7 Å². The quantitative estimate of drug-likeness (QED) is 0.292. The molecule has 0 spiro atoms. The minimum atomic E-state index is -0.685. The van der Waals surface area contributed by atoms with Crippen molar-refractivity contribution in [2.45, 2.75) is 13.5 Å². The maximum Gasteiger partial charge on any atom is 0.378 e. The molecule has 0 amide bonds. The zero-order chi connectivity index (χ0) is 22.8. The average Bonchev–Trinajstić information content (AvgIpc) is 3.29. The van der Waals surface area contributed by atoms with Crippen LogP contribution in [0.15, 0.2) is 94.1 Å².